The first-order valence-electron chi connectivity index (χ1n) is 10.9. The van der Waals surface area contributed by atoms with Crippen LogP contribution in [0.15, 0.2) is 65.1 Å². The van der Waals surface area contributed by atoms with Crippen molar-refractivity contribution in [1.82, 2.24) is 0 Å². The van der Waals surface area contributed by atoms with Crippen molar-refractivity contribution < 1.29 is 4.42 Å². The third kappa shape index (κ3) is 3.30. The Kier molecular flexibility index (Phi) is 5.36. The van der Waals surface area contributed by atoms with Crippen LogP contribution in [0.2, 0.25) is 0 Å². The van der Waals surface area contributed by atoms with Gasteiger partial charge in [0.25, 0.3) is 0 Å². The first-order valence-corrected chi connectivity index (χ1v) is 10.9. The summed E-state index contributed by atoms with van der Waals surface area (Å²) in [6.07, 6.45) is 0. The van der Waals surface area contributed by atoms with Gasteiger partial charge in [-0.3, -0.25) is 0 Å². The molecule has 0 N–H and O–H groups in total. The van der Waals surface area contributed by atoms with Crippen molar-refractivity contribution in [3.63, 3.8) is 0 Å². The van der Waals surface area contributed by atoms with Crippen LogP contribution in [0, 0.1) is 0 Å². The Morgan fingerprint density at radius 3 is 1.82 bits per heavy atom. The molecule has 146 valence electrons. The maximum atomic E-state index is 6.44. The van der Waals surface area contributed by atoms with Crippen molar-refractivity contribution in [3.05, 3.63) is 66.2 Å². The topological polar surface area (TPSA) is 13.1 Å². The van der Waals surface area contributed by atoms with Gasteiger partial charge >= 0.3 is 0 Å². The van der Waals surface area contributed by atoms with Gasteiger partial charge in [0.1, 0.15) is 50.4 Å². The minimum atomic E-state index is 0.132. The highest BCUT2D eigenvalue weighted by molar-refractivity contribution is 6.68. The monoisotopic (exact) mass is 412 g/mol. The van der Waals surface area contributed by atoms with E-state index in [0.717, 1.165) is 44.2 Å². The molecule has 0 fully saturated rings. The maximum absolute atomic E-state index is 6.44. The third-order valence-corrected chi connectivity index (χ3v) is 6.33. The van der Waals surface area contributed by atoms with E-state index in [1.165, 1.54) is 0 Å². The molecule has 0 aliphatic rings. The molecule has 0 unspecified atom stereocenters. The minimum Gasteiger partial charge on any atom is -0.456 e. The summed E-state index contributed by atoms with van der Waals surface area (Å²) in [5, 5.41) is 2.09. The zero-order chi connectivity index (χ0) is 23.4. The smallest absolute Gasteiger partial charge is 0.136 e. The SMILES string of the molecule is [B]c1c([B])c([B])c(-c2ccc3oc4cccc(-c5ccccc5)c4c3c2C(C)C)c([B])c1[B]. The molecule has 1 aromatic heterocycles. The highest BCUT2D eigenvalue weighted by atomic mass is 16.3. The van der Waals surface area contributed by atoms with Gasteiger partial charge in [0.05, 0.1) is 0 Å². The van der Waals surface area contributed by atoms with E-state index < -0.39 is 0 Å². The van der Waals surface area contributed by atoms with Gasteiger partial charge in [0, 0.05) is 10.8 Å². The fourth-order valence-corrected chi connectivity index (χ4v) is 4.75. The summed E-state index contributed by atoms with van der Waals surface area (Å²) in [5.74, 6) is 0.132. The molecule has 0 aliphatic carbocycles. The third-order valence-electron chi connectivity index (χ3n) is 6.33. The molecule has 33 heavy (non-hydrogen) atoms. The Hall–Kier alpha value is -3.00. The van der Waals surface area contributed by atoms with E-state index in [1.54, 1.807) is 0 Å². The molecule has 5 aromatic rings. The van der Waals surface area contributed by atoms with Crippen LogP contribution in [0.4, 0.5) is 0 Å². The summed E-state index contributed by atoms with van der Waals surface area (Å²) in [4.78, 5) is 0. The predicted molar refractivity (Wildman–Crippen MR) is 146 cm³/mol. The van der Waals surface area contributed by atoms with Crippen LogP contribution in [0.25, 0.3) is 44.2 Å². The molecule has 0 amide bonds. The second kappa shape index (κ2) is 8.10. The lowest BCUT2D eigenvalue weighted by Gasteiger charge is -2.24. The van der Waals surface area contributed by atoms with Crippen molar-refractivity contribution in [2.45, 2.75) is 19.8 Å². The standard InChI is InChI=1S/C27H17B5O/c1-13(2)19-16(21-23(28)25(30)27(32)26(31)24(21)29)11-12-18-22(19)20-15(9-6-10-17(20)33-18)14-7-4-3-5-8-14/h3-13H,1-2H3. The van der Waals surface area contributed by atoms with Gasteiger partial charge in [0.15, 0.2) is 0 Å². The lowest BCUT2D eigenvalue weighted by atomic mass is 9.59. The van der Waals surface area contributed by atoms with Gasteiger partial charge in [-0.15, -0.1) is 16.4 Å². The van der Waals surface area contributed by atoms with Crippen molar-refractivity contribution in [2.24, 2.45) is 0 Å². The molecule has 6 heteroatoms. The highest BCUT2D eigenvalue weighted by Crippen LogP contribution is 2.43. The highest BCUT2D eigenvalue weighted by Gasteiger charge is 2.22. The van der Waals surface area contributed by atoms with Gasteiger partial charge in [-0.1, -0.05) is 73.3 Å². The van der Waals surface area contributed by atoms with Crippen LogP contribution in [0.5, 0.6) is 0 Å². The minimum absolute atomic E-state index is 0.132. The maximum Gasteiger partial charge on any atom is 0.136 e. The van der Waals surface area contributed by atoms with E-state index in [1.807, 2.05) is 42.5 Å². The molecule has 4 aromatic carbocycles. The summed E-state index contributed by atoms with van der Waals surface area (Å²) in [7, 11) is 31.3. The molecular weight excluding hydrogens is 394 g/mol. The molecule has 0 bridgehead atoms. The Labute approximate surface area is 201 Å². The molecule has 0 aliphatic heterocycles. The molecule has 0 atom stereocenters. The first kappa shape index (κ1) is 21.8. The number of hydrogen-bond acceptors (Lipinski definition) is 1. The Balaban J connectivity index is 1.96. The average Bonchev–Trinajstić information content (AvgIpc) is 3.20. The zero-order valence-corrected chi connectivity index (χ0v) is 18.6. The summed E-state index contributed by atoms with van der Waals surface area (Å²) < 4.78 is 6.29. The van der Waals surface area contributed by atoms with Crippen LogP contribution in [0.3, 0.4) is 0 Å². The molecule has 5 rings (SSSR count). The molecule has 0 spiro atoms. The van der Waals surface area contributed by atoms with Gasteiger partial charge in [0.2, 0.25) is 0 Å². The molecule has 10 radical (unpaired) electrons. The van der Waals surface area contributed by atoms with Crippen LogP contribution in [-0.4, -0.2) is 39.2 Å². The number of fused-ring (bicyclic) bond motifs is 3. The van der Waals surface area contributed by atoms with Crippen LogP contribution in [0.1, 0.15) is 25.3 Å². The van der Waals surface area contributed by atoms with E-state index in [0.29, 0.717) is 16.5 Å². The predicted octanol–water partition coefficient (Wildman–Crippen LogP) is 2.01. The second-order valence-electron chi connectivity index (χ2n) is 8.64. The number of benzene rings is 4. The van der Waals surface area contributed by atoms with Crippen LogP contribution in [-0.2, 0) is 0 Å². The Morgan fingerprint density at radius 2 is 1.18 bits per heavy atom. The molecule has 0 saturated heterocycles. The molecule has 1 nitrogen and oxygen atoms in total. The van der Waals surface area contributed by atoms with Crippen molar-refractivity contribution in [3.8, 4) is 22.3 Å². The van der Waals surface area contributed by atoms with Crippen LogP contribution < -0.4 is 27.3 Å². The summed E-state index contributed by atoms with van der Waals surface area (Å²) in [6.45, 7) is 4.28. The Bertz CT molecular complexity index is 1500. The molecule has 1 heterocycles. The lowest BCUT2D eigenvalue weighted by Crippen LogP contribution is -2.55. The van der Waals surface area contributed by atoms with Crippen molar-refractivity contribution in [2.75, 3.05) is 0 Å². The van der Waals surface area contributed by atoms with E-state index in [-0.39, 0.29) is 22.3 Å². The molecular formula is C27H17B5O. The quantitative estimate of drug-likeness (QED) is 0.414. The van der Waals surface area contributed by atoms with Crippen molar-refractivity contribution >= 4 is 88.5 Å². The van der Waals surface area contributed by atoms with Gasteiger partial charge < -0.3 is 4.42 Å². The molecule has 0 saturated carbocycles. The number of hydrogen-bond donors (Lipinski definition) is 0. The van der Waals surface area contributed by atoms with Crippen molar-refractivity contribution in [1.29, 1.82) is 0 Å². The zero-order valence-electron chi connectivity index (χ0n) is 18.6. The van der Waals surface area contributed by atoms with E-state index in [4.69, 9.17) is 43.6 Å². The first-order chi connectivity index (χ1) is 15.8. The fourth-order valence-electron chi connectivity index (χ4n) is 4.75. The fraction of sp³-hybridized carbons (Fsp3) is 0.111. The normalized spacial score (nSPS) is 11.6. The van der Waals surface area contributed by atoms with E-state index in [9.17, 15) is 0 Å². The van der Waals surface area contributed by atoms with Gasteiger partial charge in [-0.2, -0.15) is 0 Å². The van der Waals surface area contributed by atoms with Gasteiger partial charge in [-0.25, -0.2) is 0 Å². The number of furan rings is 1. The summed E-state index contributed by atoms with van der Waals surface area (Å²) in [6, 6.07) is 20.3. The second-order valence-corrected chi connectivity index (χ2v) is 8.64. The summed E-state index contributed by atoms with van der Waals surface area (Å²) >= 11 is 0. The van der Waals surface area contributed by atoms with E-state index >= 15 is 0 Å². The van der Waals surface area contributed by atoms with Crippen LogP contribution >= 0.6 is 0 Å². The number of rotatable bonds is 3. The Morgan fingerprint density at radius 1 is 0.576 bits per heavy atom. The van der Waals surface area contributed by atoms with E-state index in [2.05, 4.69) is 32.0 Å². The average molecular weight is 411 g/mol. The summed E-state index contributed by atoms with van der Waals surface area (Å²) in [5.41, 5.74) is 7.74. The lowest BCUT2D eigenvalue weighted by molar-refractivity contribution is 0.668. The van der Waals surface area contributed by atoms with Gasteiger partial charge in [-0.05, 0) is 45.9 Å². The largest absolute Gasteiger partial charge is 0.456 e.